The van der Waals surface area contributed by atoms with Crippen molar-refractivity contribution in [3.8, 4) is 5.75 Å². The minimum Gasteiger partial charge on any atom is -0.481 e. The number of rotatable bonds is 7. The van der Waals surface area contributed by atoms with Gasteiger partial charge in [-0.2, -0.15) is 8.78 Å². The quantitative estimate of drug-likeness (QED) is 0.577. The molecule has 0 radical (unpaired) electrons. The van der Waals surface area contributed by atoms with Crippen molar-refractivity contribution in [3.63, 3.8) is 0 Å². The predicted octanol–water partition coefficient (Wildman–Crippen LogP) is 2.38. The first-order valence-corrected chi connectivity index (χ1v) is 6.60. The number of halogens is 2. The third-order valence-electron chi connectivity index (χ3n) is 2.95. The Morgan fingerprint density at radius 3 is 2.58 bits per heavy atom. The van der Waals surface area contributed by atoms with Gasteiger partial charge in [0.2, 0.25) is 0 Å². The van der Waals surface area contributed by atoms with E-state index in [2.05, 4.69) is 10.1 Å². The predicted molar refractivity (Wildman–Crippen MR) is 78.2 cm³/mol. The molecule has 24 heavy (non-hydrogen) atoms. The second kappa shape index (κ2) is 8.04. The van der Waals surface area contributed by atoms with Gasteiger partial charge in [0, 0.05) is 25.7 Å². The van der Waals surface area contributed by atoms with Gasteiger partial charge < -0.3 is 20.1 Å². The minimum absolute atomic E-state index is 0.152. The highest BCUT2D eigenvalue weighted by atomic mass is 19.3. The molecule has 1 atom stereocenters. The average Bonchev–Trinajstić information content (AvgIpc) is 2.47. The van der Waals surface area contributed by atoms with Gasteiger partial charge in [-0.05, 0) is 6.07 Å². The summed E-state index contributed by atoms with van der Waals surface area (Å²) in [7, 11) is 1.29. The Morgan fingerprint density at radius 2 is 2.08 bits per heavy atom. The fraction of sp³-hybridized carbons (Fsp3) is 0.385. The van der Waals surface area contributed by atoms with Gasteiger partial charge in [0.1, 0.15) is 5.75 Å². The van der Waals surface area contributed by atoms with Crippen LogP contribution < -0.4 is 10.1 Å². The van der Waals surface area contributed by atoms with Crippen LogP contribution in [0.2, 0.25) is 0 Å². The summed E-state index contributed by atoms with van der Waals surface area (Å²) in [5.74, 6) is -2.43. The maximum atomic E-state index is 12.4. The van der Waals surface area contributed by atoms with E-state index in [1.807, 2.05) is 0 Å². The first kappa shape index (κ1) is 19.1. The van der Waals surface area contributed by atoms with Crippen LogP contribution in [0.5, 0.6) is 5.75 Å². The maximum absolute atomic E-state index is 12.4. The van der Waals surface area contributed by atoms with E-state index in [9.17, 15) is 28.5 Å². The summed E-state index contributed by atoms with van der Waals surface area (Å²) >= 11 is 0. The van der Waals surface area contributed by atoms with Crippen molar-refractivity contribution >= 4 is 23.4 Å². The van der Waals surface area contributed by atoms with Crippen molar-refractivity contribution in [1.82, 2.24) is 4.90 Å². The number of hydrogen-bond donors (Lipinski definition) is 2. The van der Waals surface area contributed by atoms with Gasteiger partial charge in [-0.1, -0.05) is 6.92 Å². The molecule has 0 aromatic heterocycles. The van der Waals surface area contributed by atoms with Gasteiger partial charge in [-0.25, -0.2) is 4.79 Å². The number of carboxylic acids is 1. The molecular weight excluding hydrogens is 332 g/mol. The van der Waals surface area contributed by atoms with Crippen molar-refractivity contribution in [1.29, 1.82) is 0 Å². The lowest BCUT2D eigenvalue weighted by Gasteiger charge is -2.20. The maximum Gasteiger partial charge on any atom is 0.387 e. The second-order valence-electron chi connectivity index (χ2n) is 4.87. The zero-order chi connectivity index (χ0) is 18.4. The number of nitrogens with one attached hydrogen (secondary N) is 1. The molecule has 1 rings (SSSR count). The number of nitrogens with zero attached hydrogens (tertiary/aromatic N) is 2. The molecule has 0 aliphatic carbocycles. The largest absolute Gasteiger partial charge is 0.481 e. The summed E-state index contributed by atoms with van der Waals surface area (Å²) in [5.41, 5.74) is -0.766. The van der Waals surface area contributed by atoms with Gasteiger partial charge in [0.05, 0.1) is 16.5 Å². The molecule has 1 aromatic carbocycles. The summed E-state index contributed by atoms with van der Waals surface area (Å²) < 4.78 is 28.9. The van der Waals surface area contributed by atoms with Crippen molar-refractivity contribution in [2.24, 2.45) is 5.92 Å². The Balaban J connectivity index is 2.97. The molecule has 0 heterocycles. The molecule has 0 saturated carbocycles. The summed E-state index contributed by atoms with van der Waals surface area (Å²) in [6.07, 6.45) is 0. The number of anilines is 1. The number of carboxylic acid groups (broad SMARTS) is 1. The van der Waals surface area contributed by atoms with Gasteiger partial charge >= 0.3 is 18.6 Å². The Hall–Kier alpha value is -2.98. The first-order valence-electron chi connectivity index (χ1n) is 6.60. The monoisotopic (exact) mass is 347 g/mol. The first-order chi connectivity index (χ1) is 11.1. The molecule has 0 saturated heterocycles. The molecule has 9 nitrogen and oxygen atoms in total. The number of amides is 2. The third kappa shape index (κ3) is 5.34. The van der Waals surface area contributed by atoms with Crippen LogP contribution in [0.4, 0.5) is 25.0 Å². The number of benzene rings is 1. The number of alkyl halides is 2. The number of nitro benzene ring substituents is 1. The zero-order valence-electron chi connectivity index (χ0n) is 12.7. The summed E-state index contributed by atoms with van der Waals surface area (Å²) in [5, 5.41) is 21.7. The van der Waals surface area contributed by atoms with Crippen LogP contribution >= 0.6 is 0 Å². The Kier molecular flexibility index (Phi) is 6.38. The molecule has 0 aliphatic heterocycles. The molecule has 11 heteroatoms. The molecule has 1 unspecified atom stereocenters. The van der Waals surface area contributed by atoms with E-state index in [0.29, 0.717) is 0 Å². The lowest BCUT2D eigenvalue weighted by Crippen LogP contribution is -2.36. The van der Waals surface area contributed by atoms with Crippen LogP contribution in [-0.2, 0) is 4.79 Å². The highest BCUT2D eigenvalue weighted by Gasteiger charge is 2.21. The van der Waals surface area contributed by atoms with Crippen molar-refractivity contribution in [2.75, 3.05) is 18.9 Å². The SMILES string of the molecule is CC(CN(C)C(=O)Nc1cc([N+](=O)[O-])ccc1OC(F)F)C(=O)O. The molecule has 2 N–H and O–H groups in total. The van der Waals surface area contributed by atoms with Gasteiger partial charge in [0.25, 0.3) is 5.69 Å². The van der Waals surface area contributed by atoms with Crippen LogP contribution in [-0.4, -0.2) is 47.1 Å². The molecule has 2 amide bonds. The molecule has 0 spiro atoms. The zero-order valence-corrected chi connectivity index (χ0v) is 12.7. The number of carbonyl (C=O) groups excluding carboxylic acids is 1. The molecular formula is C13H15F2N3O6. The molecule has 0 fully saturated rings. The molecule has 1 aromatic rings. The Bertz CT molecular complexity index is 640. The van der Waals surface area contributed by atoms with E-state index < -0.39 is 40.9 Å². The summed E-state index contributed by atoms with van der Waals surface area (Å²) in [6, 6.07) is 1.91. The number of nitro groups is 1. The second-order valence-corrected chi connectivity index (χ2v) is 4.87. The van der Waals surface area contributed by atoms with Gasteiger partial charge in [-0.15, -0.1) is 0 Å². The average molecular weight is 347 g/mol. The van der Waals surface area contributed by atoms with E-state index in [1.165, 1.54) is 14.0 Å². The normalized spacial score (nSPS) is 11.7. The standard InChI is InChI=1S/C13H15F2N3O6/c1-7(11(19)20)6-17(2)13(21)16-9-5-8(18(22)23)3-4-10(9)24-12(14)15/h3-5,7,12H,6H2,1-2H3,(H,16,21)(H,19,20). The molecule has 0 bridgehead atoms. The van der Waals surface area contributed by atoms with E-state index in [-0.39, 0.29) is 12.2 Å². The number of carbonyl (C=O) groups is 2. The fourth-order valence-electron chi connectivity index (χ4n) is 1.71. The lowest BCUT2D eigenvalue weighted by atomic mass is 10.2. The topological polar surface area (TPSA) is 122 Å². The van der Waals surface area contributed by atoms with Crippen molar-refractivity contribution in [3.05, 3.63) is 28.3 Å². The number of hydrogen-bond acceptors (Lipinski definition) is 5. The highest BCUT2D eigenvalue weighted by Crippen LogP contribution is 2.30. The van der Waals surface area contributed by atoms with E-state index in [4.69, 9.17) is 5.11 Å². The smallest absolute Gasteiger partial charge is 0.387 e. The Morgan fingerprint density at radius 1 is 1.46 bits per heavy atom. The van der Waals surface area contributed by atoms with Crippen molar-refractivity contribution < 1.29 is 33.1 Å². The van der Waals surface area contributed by atoms with Crippen LogP contribution in [0.1, 0.15) is 6.92 Å². The molecule has 0 aliphatic rings. The number of aliphatic carboxylic acids is 1. The lowest BCUT2D eigenvalue weighted by molar-refractivity contribution is -0.384. The number of ether oxygens (including phenoxy) is 1. The minimum atomic E-state index is -3.19. The van der Waals surface area contributed by atoms with Crippen molar-refractivity contribution in [2.45, 2.75) is 13.5 Å². The van der Waals surface area contributed by atoms with Crippen LogP contribution in [0.15, 0.2) is 18.2 Å². The van der Waals surface area contributed by atoms with Crippen LogP contribution in [0, 0.1) is 16.0 Å². The van der Waals surface area contributed by atoms with Crippen LogP contribution in [0.3, 0.4) is 0 Å². The fourth-order valence-corrected chi connectivity index (χ4v) is 1.71. The third-order valence-corrected chi connectivity index (χ3v) is 2.95. The number of non-ortho nitro benzene ring substituents is 1. The van der Waals surface area contributed by atoms with E-state index in [1.54, 1.807) is 0 Å². The van der Waals surface area contributed by atoms with Gasteiger partial charge in [0.15, 0.2) is 0 Å². The summed E-state index contributed by atoms with van der Waals surface area (Å²) in [4.78, 5) is 33.8. The van der Waals surface area contributed by atoms with E-state index >= 15 is 0 Å². The Labute approximate surface area is 135 Å². The molecule has 132 valence electrons. The summed E-state index contributed by atoms with van der Waals surface area (Å²) in [6.45, 7) is -1.96. The van der Waals surface area contributed by atoms with E-state index in [0.717, 1.165) is 23.1 Å². The number of urea groups is 1. The van der Waals surface area contributed by atoms with Crippen LogP contribution in [0.25, 0.3) is 0 Å². The highest BCUT2D eigenvalue weighted by molar-refractivity contribution is 5.91. The van der Waals surface area contributed by atoms with Gasteiger partial charge in [-0.3, -0.25) is 14.9 Å².